The average Bonchev–Trinajstić information content (AvgIpc) is 2.70. The molecule has 0 fully saturated rings. The minimum atomic E-state index is -0.466. The van der Waals surface area contributed by atoms with Gasteiger partial charge in [0.2, 0.25) is 0 Å². The lowest BCUT2D eigenvalue weighted by atomic mass is 10.1. The fourth-order valence-corrected chi connectivity index (χ4v) is 2.41. The molecule has 0 aliphatic carbocycles. The summed E-state index contributed by atoms with van der Waals surface area (Å²) in [5.74, 6) is 0.926. The SMILES string of the molecule is COc1cc(CCC(=O)OCC(=O)Nc2ccccc2OC)cc(OC)c1. The van der Waals surface area contributed by atoms with Crippen LogP contribution < -0.4 is 19.5 Å². The topological polar surface area (TPSA) is 83.1 Å². The Morgan fingerprint density at radius 2 is 1.59 bits per heavy atom. The molecule has 0 heterocycles. The van der Waals surface area contributed by atoms with Crippen molar-refractivity contribution < 1.29 is 28.5 Å². The molecule has 0 atom stereocenters. The van der Waals surface area contributed by atoms with E-state index in [-0.39, 0.29) is 13.0 Å². The van der Waals surface area contributed by atoms with Gasteiger partial charge in [0.05, 0.1) is 27.0 Å². The maximum absolute atomic E-state index is 11.9. The lowest BCUT2D eigenvalue weighted by Gasteiger charge is -2.10. The summed E-state index contributed by atoms with van der Waals surface area (Å²) >= 11 is 0. The van der Waals surface area contributed by atoms with Crippen LogP contribution in [0.25, 0.3) is 0 Å². The highest BCUT2D eigenvalue weighted by atomic mass is 16.5. The van der Waals surface area contributed by atoms with Gasteiger partial charge in [0, 0.05) is 12.5 Å². The van der Waals surface area contributed by atoms with Crippen molar-refractivity contribution in [3.8, 4) is 17.2 Å². The third-order valence-electron chi connectivity index (χ3n) is 3.77. The Labute approximate surface area is 158 Å². The lowest BCUT2D eigenvalue weighted by molar-refractivity contribution is -0.147. The summed E-state index contributed by atoms with van der Waals surface area (Å²) in [7, 11) is 4.64. The predicted molar refractivity (Wildman–Crippen MR) is 100 cm³/mol. The molecule has 1 amide bonds. The zero-order valence-corrected chi connectivity index (χ0v) is 15.6. The highest BCUT2D eigenvalue weighted by Crippen LogP contribution is 2.24. The van der Waals surface area contributed by atoms with Crippen LogP contribution in [0, 0.1) is 0 Å². The molecule has 0 radical (unpaired) electrons. The van der Waals surface area contributed by atoms with Gasteiger partial charge in [0.15, 0.2) is 6.61 Å². The first-order valence-electron chi connectivity index (χ1n) is 8.36. The quantitative estimate of drug-likeness (QED) is 0.681. The third kappa shape index (κ3) is 6.22. The molecule has 0 aliphatic rings. The molecule has 2 rings (SSSR count). The van der Waals surface area contributed by atoms with Crippen molar-refractivity contribution in [2.75, 3.05) is 33.3 Å². The monoisotopic (exact) mass is 373 g/mol. The summed E-state index contributed by atoms with van der Waals surface area (Å²) in [5.41, 5.74) is 1.39. The summed E-state index contributed by atoms with van der Waals surface area (Å²) in [4.78, 5) is 23.9. The van der Waals surface area contributed by atoms with Gasteiger partial charge in [0.25, 0.3) is 5.91 Å². The van der Waals surface area contributed by atoms with Gasteiger partial charge in [-0.2, -0.15) is 0 Å². The molecule has 0 aliphatic heterocycles. The molecular formula is C20H23NO6. The molecular weight excluding hydrogens is 350 g/mol. The number of aryl methyl sites for hydroxylation is 1. The number of rotatable bonds is 9. The van der Waals surface area contributed by atoms with Gasteiger partial charge in [-0.25, -0.2) is 0 Å². The van der Waals surface area contributed by atoms with E-state index in [0.717, 1.165) is 5.56 Å². The van der Waals surface area contributed by atoms with E-state index >= 15 is 0 Å². The number of para-hydroxylation sites is 2. The van der Waals surface area contributed by atoms with Crippen LogP contribution in [-0.2, 0) is 20.7 Å². The van der Waals surface area contributed by atoms with Gasteiger partial charge in [-0.05, 0) is 36.2 Å². The fraction of sp³-hybridized carbons (Fsp3) is 0.300. The minimum Gasteiger partial charge on any atom is -0.497 e. The molecule has 0 spiro atoms. The maximum Gasteiger partial charge on any atom is 0.306 e. The van der Waals surface area contributed by atoms with Crippen molar-refractivity contribution in [2.24, 2.45) is 0 Å². The van der Waals surface area contributed by atoms with E-state index in [9.17, 15) is 9.59 Å². The van der Waals surface area contributed by atoms with E-state index in [1.807, 2.05) is 12.1 Å². The first-order valence-corrected chi connectivity index (χ1v) is 8.36. The number of nitrogens with one attached hydrogen (secondary N) is 1. The highest BCUT2D eigenvalue weighted by Gasteiger charge is 2.11. The van der Waals surface area contributed by atoms with Gasteiger partial charge >= 0.3 is 5.97 Å². The largest absolute Gasteiger partial charge is 0.497 e. The van der Waals surface area contributed by atoms with Crippen LogP contribution in [0.3, 0.4) is 0 Å². The molecule has 7 nitrogen and oxygen atoms in total. The van der Waals surface area contributed by atoms with Gasteiger partial charge in [-0.15, -0.1) is 0 Å². The summed E-state index contributed by atoms with van der Waals surface area (Å²) in [6, 6.07) is 12.4. The number of hydrogen-bond acceptors (Lipinski definition) is 6. The summed E-state index contributed by atoms with van der Waals surface area (Å²) < 4.78 is 20.6. The molecule has 1 N–H and O–H groups in total. The van der Waals surface area contributed by atoms with Gasteiger partial charge in [-0.3, -0.25) is 9.59 Å². The Kier molecular flexibility index (Phi) is 7.49. The second-order valence-corrected chi connectivity index (χ2v) is 5.63. The van der Waals surface area contributed by atoms with Crippen molar-refractivity contribution in [1.29, 1.82) is 0 Å². The van der Waals surface area contributed by atoms with Crippen LogP contribution in [0.5, 0.6) is 17.2 Å². The maximum atomic E-state index is 11.9. The van der Waals surface area contributed by atoms with Crippen LogP contribution in [0.1, 0.15) is 12.0 Å². The Hall–Kier alpha value is -3.22. The van der Waals surface area contributed by atoms with E-state index in [1.165, 1.54) is 7.11 Å². The number of hydrogen-bond donors (Lipinski definition) is 1. The Morgan fingerprint density at radius 1 is 0.926 bits per heavy atom. The summed E-state index contributed by atoms with van der Waals surface area (Å²) in [6.45, 7) is -0.363. The summed E-state index contributed by atoms with van der Waals surface area (Å²) in [5, 5.41) is 2.65. The van der Waals surface area contributed by atoms with Crippen molar-refractivity contribution >= 4 is 17.6 Å². The molecule has 0 unspecified atom stereocenters. The standard InChI is InChI=1S/C20H23NO6/c1-24-15-10-14(11-16(12-15)25-2)8-9-20(23)27-13-19(22)21-17-6-4-5-7-18(17)26-3/h4-7,10-12H,8-9,13H2,1-3H3,(H,21,22). The molecule has 7 heteroatoms. The van der Waals surface area contributed by atoms with Gasteiger partial charge < -0.3 is 24.3 Å². The Balaban J connectivity index is 1.81. The number of ether oxygens (including phenoxy) is 4. The first-order chi connectivity index (χ1) is 13.0. The molecule has 0 saturated heterocycles. The Morgan fingerprint density at radius 3 is 2.22 bits per heavy atom. The van der Waals surface area contributed by atoms with Crippen molar-refractivity contribution in [2.45, 2.75) is 12.8 Å². The second-order valence-electron chi connectivity index (χ2n) is 5.63. The molecule has 2 aromatic rings. The third-order valence-corrected chi connectivity index (χ3v) is 3.77. The van der Waals surface area contributed by atoms with Crippen molar-refractivity contribution in [3.63, 3.8) is 0 Å². The van der Waals surface area contributed by atoms with Gasteiger partial charge in [0.1, 0.15) is 17.2 Å². The van der Waals surface area contributed by atoms with E-state index in [4.69, 9.17) is 18.9 Å². The smallest absolute Gasteiger partial charge is 0.306 e. The number of esters is 1. The van der Waals surface area contributed by atoms with E-state index in [2.05, 4.69) is 5.32 Å². The minimum absolute atomic E-state index is 0.137. The van der Waals surface area contributed by atoms with E-state index in [0.29, 0.717) is 29.4 Å². The second kappa shape index (κ2) is 10.1. The van der Waals surface area contributed by atoms with Crippen LogP contribution in [0.4, 0.5) is 5.69 Å². The number of benzene rings is 2. The lowest BCUT2D eigenvalue weighted by Crippen LogP contribution is -2.21. The number of carbonyl (C=O) groups excluding carboxylic acids is 2. The zero-order chi connectivity index (χ0) is 19.6. The van der Waals surface area contributed by atoms with E-state index in [1.54, 1.807) is 44.6 Å². The molecule has 27 heavy (non-hydrogen) atoms. The number of anilines is 1. The fourth-order valence-electron chi connectivity index (χ4n) is 2.41. The average molecular weight is 373 g/mol. The van der Waals surface area contributed by atoms with E-state index < -0.39 is 11.9 Å². The van der Waals surface area contributed by atoms with Crippen LogP contribution in [0.2, 0.25) is 0 Å². The van der Waals surface area contributed by atoms with Crippen molar-refractivity contribution in [3.05, 3.63) is 48.0 Å². The van der Waals surface area contributed by atoms with Crippen LogP contribution >= 0.6 is 0 Å². The zero-order valence-electron chi connectivity index (χ0n) is 15.6. The highest BCUT2D eigenvalue weighted by molar-refractivity contribution is 5.94. The molecule has 2 aromatic carbocycles. The van der Waals surface area contributed by atoms with Gasteiger partial charge in [-0.1, -0.05) is 12.1 Å². The normalized spacial score (nSPS) is 10.0. The number of methoxy groups -OCH3 is 3. The predicted octanol–water partition coefficient (Wildman–Crippen LogP) is 2.83. The molecule has 0 aromatic heterocycles. The molecule has 0 bridgehead atoms. The summed E-state index contributed by atoms with van der Waals surface area (Å²) in [6.07, 6.45) is 0.582. The van der Waals surface area contributed by atoms with Crippen LogP contribution in [-0.4, -0.2) is 39.8 Å². The Bertz CT molecular complexity index is 768. The number of carbonyl (C=O) groups is 2. The van der Waals surface area contributed by atoms with Crippen molar-refractivity contribution in [1.82, 2.24) is 0 Å². The number of amides is 1. The first kappa shape index (κ1) is 20.1. The molecule has 0 saturated carbocycles. The van der Waals surface area contributed by atoms with Crippen LogP contribution in [0.15, 0.2) is 42.5 Å². The molecule has 144 valence electrons.